The number of hydrogen-bond acceptors (Lipinski definition) is 4. The fraction of sp³-hybridized carbons (Fsp3) is 0.471. The summed E-state index contributed by atoms with van der Waals surface area (Å²) in [6, 6.07) is -1.55. The van der Waals surface area contributed by atoms with Crippen molar-refractivity contribution in [2.45, 2.75) is 38.7 Å². The van der Waals surface area contributed by atoms with Crippen LogP contribution in [0.3, 0.4) is 0 Å². The molecule has 6 nitrogen and oxygen atoms in total. The molecule has 2 N–H and O–H groups in total. The average molecular weight is 429 g/mol. The number of rotatable bonds is 7. The minimum atomic E-state index is -5.17. The number of alkyl halides is 6. The number of amides is 1. The van der Waals surface area contributed by atoms with Crippen molar-refractivity contribution in [3.05, 3.63) is 34.9 Å². The van der Waals surface area contributed by atoms with Crippen molar-refractivity contribution in [3.8, 4) is 0 Å². The minimum Gasteiger partial charge on any atom is -0.480 e. The summed E-state index contributed by atoms with van der Waals surface area (Å²) in [5.74, 6) is -4.93. The molecule has 0 aromatic heterocycles. The monoisotopic (exact) mass is 429 g/mol. The molecule has 0 aliphatic rings. The van der Waals surface area contributed by atoms with Crippen molar-refractivity contribution in [2.24, 2.45) is 5.92 Å². The van der Waals surface area contributed by atoms with Crippen LogP contribution in [0.15, 0.2) is 18.2 Å². The van der Waals surface area contributed by atoms with Crippen LogP contribution in [-0.2, 0) is 26.7 Å². The van der Waals surface area contributed by atoms with Gasteiger partial charge < -0.3 is 15.2 Å². The molecule has 0 unspecified atom stereocenters. The minimum absolute atomic E-state index is 0.0140. The smallest absolute Gasteiger partial charge is 0.416 e. The van der Waals surface area contributed by atoms with Crippen LogP contribution >= 0.6 is 0 Å². The Labute approximate surface area is 160 Å². The molecule has 0 bridgehead atoms. The highest BCUT2D eigenvalue weighted by molar-refractivity contribution is 5.97. The van der Waals surface area contributed by atoms with Gasteiger partial charge in [-0.3, -0.25) is 9.59 Å². The van der Waals surface area contributed by atoms with E-state index in [0.29, 0.717) is 0 Å². The van der Waals surface area contributed by atoms with E-state index >= 15 is 0 Å². The van der Waals surface area contributed by atoms with Crippen LogP contribution < -0.4 is 5.32 Å². The number of benzene rings is 1. The molecule has 1 amide bonds. The molecule has 2 atom stereocenters. The molecule has 0 aliphatic carbocycles. The topological polar surface area (TPSA) is 92.7 Å². The van der Waals surface area contributed by atoms with Crippen molar-refractivity contribution < 1.29 is 50.6 Å². The Morgan fingerprint density at radius 3 is 1.90 bits per heavy atom. The second-order valence-electron chi connectivity index (χ2n) is 6.07. The van der Waals surface area contributed by atoms with Crippen molar-refractivity contribution in [1.29, 1.82) is 0 Å². The van der Waals surface area contributed by atoms with Crippen molar-refractivity contribution in [1.82, 2.24) is 5.32 Å². The van der Waals surface area contributed by atoms with Gasteiger partial charge in [-0.25, -0.2) is 4.79 Å². The summed E-state index contributed by atoms with van der Waals surface area (Å²) in [6.45, 7) is 2.77. The third-order valence-corrected chi connectivity index (χ3v) is 3.77. The second-order valence-corrected chi connectivity index (χ2v) is 6.07. The number of halogens is 6. The molecular formula is C17H17F6NO5. The summed E-state index contributed by atoms with van der Waals surface area (Å²) in [4.78, 5) is 35.0. The first-order valence-corrected chi connectivity index (χ1v) is 8.15. The number of carbonyl (C=O) groups is 3. The number of carboxylic acid groups (broad SMARTS) is 1. The Morgan fingerprint density at radius 1 is 1.03 bits per heavy atom. The van der Waals surface area contributed by atoms with Gasteiger partial charge in [-0.05, 0) is 31.0 Å². The van der Waals surface area contributed by atoms with Crippen LogP contribution in [-0.4, -0.2) is 35.6 Å². The van der Waals surface area contributed by atoms with E-state index in [0.717, 1.165) is 0 Å². The van der Waals surface area contributed by atoms with Gasteiger partial charge in [0.2, 0.25) is 0 Å². The average Bonchev–Trinajstić information content (AvgIpc) is 2.57. The Kier molecular flexibility index (Phi) is 7.64. The first-order valence-electron chi connectivity index (χ1n) is 8.15. The number of esters is 1. The van der Waals surface area contributed by atoms with Gasteiger partial charge in [-0.1, -0.05) is 6.92 Å². The molecular weight excluding hydrogens is 412 g/mol. The Balaban J connectivity index is 3.20. The van der Waals surface area contributed by atoms with Crippen LogP contribution in [0.5, 0.6) is 0 Å². The quantitative estimate of drug-likeness (QED) is 0.511. The highest BCUT2D eigenvalue weighted by Crippen LogP contribution is 2.36. The molecule has 0 aliphatic heterocycles. The Hall–Kier alpha value is -2.79. The van der Waals surface area contributed by atoms with E-state index in [2.05, 4.69) is 4.74 Å². The summed E-state index contributed by atoms with van der Waals surface area (Å²) >= 11 is 0. The maximum absolute atomic E-state index is 12.9. The van der Waals surface area contributed by atoms with Crippen molar-refractivity contribution >= 4 is 17.8 Å². The van der Waals surface area contributed by atoms with E-state index in [1.807, 2.05) is 5.32 Å². The van der Waals surface area contributed by atoms with Gasteiger partial charge in [0.25, 0.3) is 5.91 Å². The Morgan fingerprint density at radius 2 is 1.52 bits per heavy atom. The third kappa shape index (κ3) is 6.95. The van der Waals surface area contributed by atoms with E-state index in [1.54, 1.807) is 0 Å². The van der Waals surface area contributed by atoms with Gasteiger partial charge in [0.1, 0.15) is 6.04 Å². The molecule has 0 spiro atoms. The van der Waals surface area contributed by atoms with Crippen LogP contribution in [0.1, 0.15) is 41.8 Å². The second kappa shape index (κ2) is 9.14. The number of carboxylic acids is 1. The highest BCUT2D eigenvalue weighted by Gasteiger charge is 2.38. The molecule has 1 aromatic rings. The maximum Gasteiger partial charge on any atom is 0.416 e. The third-order valence-electron chi connectivity index (χ3n) is 3.77. The molecule has 1 aromatic carbocycles. The lowest BCUT2D eigenvalue weighted by atomic mass is 9.97. The maximum atomic E-state index is 12.9. The zero-order valence-corrected chi connectivity index (χ0v) is 15.1. The fourth-order valence-electron chi connectivity index (χ4n) is 2.36. The molecule has 12 heteroatoms. The predicted molar refractivity (Wildman–Crippen MR) is 85.8 cm³/mol. The van der Waals surface area contributed by atoms with E-state index in [1.165, 1.54) is 13.8 Å². The SMILES string of the molecule is CCOC(=O)C[C@@H](C)[C@H](NC(=O)c1cc(C(F)(F)F)cc(C(F)(F)F)c1)C(=O)O. The molecule has 1 rings (SSSR count). The lowest BCUT2D eigenvalue weighted by molar-refractivity contribution is -0.146. The highest BCUT2D eigenvalue weighted by atomic mass is 19.4. The lowest BCUT2D eigenvalue weighted by Gasteiger charge is -2.21. The number of hydrogen-bond donors (Lipinski definition) is 2. The number of ether oxygens (including phenoxy) is 1. The zero-order chi connectivity index (χ0) is 22.6. The van der Waals surface area contributed by atoms with Gasteiger partial charge in [0.05, 0.1) is 24.2 Å². The first kappa shape index (κ1) is 24.2. The van der Waals surface area contributed by atoms with Crippen LogP contribution in [0, 0.1) is 5.92 Å². The summed E-state index contributed by atoms with van der Waals surface area (Å²) in [5.41, 5.74) is -4.46. The number of aliphatic carboxylic acids is 1. The van der Waals surface area contributed by atoms with Crippen LogP contribution in [0.25, 0.3) is 0 Å². The predicted octanol–water partition coefficient (Wildman–Crippen LogP) is 3.50. The Bertz CT molecular complexity index is 742. The largest absolute Gasteiger partial charge is 0.480 e. The molecule has 162 valence electrons. The number of nitrogens with one attached hydrogen (secondary N) is 1. The van der Waals surface area contributed by atoms with Gasteiger partial charge in [0, 0.05) is 5.56 Å². The van der Waals surface area contributed by atoms with Gasteiger partial charge >= 0.3 is 24.3 Å². The fourth-order valence-corrected chi connectivity index (χ4v) is 2.36. The normalized spacial score (nSPS) is 14.1. The van der Waals surface area contributed by atoms with Crippen LogP contribution in [0.2, 0.25) is 0 Å². The number of carbonyl (C=O) groups excluding carboxylic acids is 2. The van der Waals surface area contributed by atoms with Gasteiger partial charge in [-0.15, -0.1) is 0 Å². The first-order chi connectivity index (χ1) is 13.2. The summed E-state index contributed by atoms with van der Waals surface area (Å²) < 4.78 is 82.0. The van der Waals surface area contributed by atoms with E-state index in [-0.39, 0.29) is 24.8 Å². The molecule has 0 fully saturated rings. The molecule has 0 radical (unpaired) electrons. The van der Waals surface area contributed by atoms with E-state index in [4.69, 9.17) is 0 Å². The van der Waals surface area contributed by atoms with Gasteiger partial charge in [-0.2, -0.15) is 26.3 Å². The van der Waals surface area contributed by atoms with Crippen LogP contribution in [0.4, 0.5) is 26.3 Å². The van der Waals surface area contributed by atoms with E-state index in [9.17, 15) is 45.8 Å². The lowest BCUT2D eigenvalue weighted by Crippen LogP contribution is -2.45. The van der Waals surface area contributed by atoms with Crippen molar-refractivity contribution in [2.75, 3.05) is 6.61 Å². The molecule has 29 heavy (non-hydrogen) atoms. The van der Waals surface area contributed by atoms with Crippen molar-refractivity contribution in [3.63, 3.8) is 0 Å². The summed E-state index contributed by atoms with van der Waals surface area (Å²) in [6.07, 6.45) is -10.8. The van der Waals surface area contributed by atoms with Gasteiger partial charge in [0.15, 0.2) is 0 Å². The standard InChI is InChI=1S/C17H17F6NO5/c1-3-29-12(25)4-8(2)13(15(27)28)24-14(26)9-5-10(16(18,19)20)7-11(6-9)17(21,22)23/h5-8,13H,3-4H2,1-2H3,(H,24,26)(H,27,28)/t8-,13+/m1/s1. The summed E-state index contributed by atoms with van der Waals surface area (Å²) in [7, 11) is 0. The molecule has 0 saturated carbocycles. The summed E-state index contributed by atoms with van der Waals surface area (Å²) in [5, 5.41) is 11.1. The van der Waals surface area contributed by atoms with E-state index < -0.39 is 65.3 Å². The zero-order valence-electron chi connectivity index (χ0n) is 15.1. The molecule has 0 saturated heterocycles. The molecule has 0 heterocycles.